The molecule has 2 aromatic carbocycles. The van der Waals surface area contributed by atoms with Gasteiger partial charge >= 0.3 is 6.18 Å². The quantitative estimate of drug-likeness (QED) is 0.585. The number of hydrogen-bond donors (Lipinski definition) is 3. The summed E-state index contributed by atoms with van der Waals surface area (Å²) < 4.78 is 44.7. The Kier molecular flexibility index (Phi) is 4.55. The first-order valence-electron chi connectivity index (χ1n) is 9.62. The van der Waals surface area contributed by atoms with Crippen LogP contribution in [0, 0.1) is 0 Å². The zero-order chi connectivity index (χ0) is 21.6. The van der Waals surface area contributed by atoms with Crippen molar-refractivity contribution < 1.29 is 22.7 Å². The van der Waals surface area contributed by atoms with Gasteiger partial charge in [-0.2, -0.15) is 18.3 Å². The molecule has 5 rings (SSSR count). The van der Waals surface area contributed by atoms with Crippen molar-refractivity contribution in [1.82, 2.24) is 15.5 Å². The molecule has 2 aliphatic heterocycles. The molecule has 0 radical (unpaired) electrons. The highest BCUT2D eigenvalue weighted by Crippen LogP contribution is 2.43. The molecule has 0 saturated heterocycles. The van der Waals surface area contributed by atoms with Gasteiger partial charge in [0.15, 0.2) is 5.78 Å². The second kappa shape index (κ2) is 7.28. The molecule has 3 N–H and O–H groups in total. The number of aromatic amines is 1. The zero-order valence-electron chi connectivity index (χ0n) is 16.1. The molecule has 0 saturated carbocycles. The maximum absolute atomic E-state index is 13.0. The van der Waals surface area contributed by atoms with Gasteiger partial charge in [0, 0.05) is 29.3 Å². The van der Waals surface area contributed by atoms with Crippen LogP contribution >= 0.6 is 0 Å². The molecule has 31 heavy (non-hydrogen) atoms. The first-order chi connectivity index (χ1) is 14.9. The van der Waals surface area contributed by atoms with Gasteiger partial charge in [0.2, 0.25) is 0 Å². The maximum Gasteiger partial charge on any atom is 0.416 e. The van der Waals surface area contributed by atoms with E-state index in [4.69, 9.17) is 4.74 Å². The smallest absolute Gasteiger partial charge is 0.416 e. The van der Waals surface area contributed by atoms with Gasteiger partial charge in [-0.1, -0.05) is 18.2 Å². The average molecular weight is 426 g/mol. The Bertz CT molecular complexity index is 1200. The van der Waals surface area contributed by atoms with Crippen molar-refractivity contribution >= 4 is 11.6 Å². The number of H-pyrrole nitrogens is 1. The van der Waals surface area contributed by atoms with Crippen LogP contribution < -0.4 is 15.4 Å². The number of halogens is 3. The van der Waals surface area contributed by atoms with Crippen molar-refractivity contribution in [2.75, 3.05) is 18.4 Å². The minimum absolute atomic E-state index is 0.0187. The minimum Gasteiger partial charge on any atom is -0.457 e. The number of ether oxygens (including phenoxy) is 1. The SMILES string of the molecule is O=C1CNCC2=C1C(c1cccc(Oc3cccc(C(F)(F)F)c3)c1)c1cn[nH]c1N2. The summed E-state index contributed by atoms with van der Waals surface area (Å²) in [6, 6.07) is 11.8. The van der Waals surface area contributed by atoms with Crippen molar-refractivity contribution in [2.24, 2.45) is 0 Å². The van der Waals surface area contributed by atoms with E-state index in [2.05, 4.69) is 20.8 Å². The second-order valence-corrected chi connectivity index (χ2v) is 7.38. The van der Waals surface area contributed by atoms with Gasteiger partial charge < -0.3 is 15.4 Å². The minimum atomic E-state index is -4.45. The standard InChI is InChI=1S/C22H17F3N4O2/c23-22(24,25)13-4-2-6-15(8-13)31-14-5-1-3-12(7-14)19-16-9-27-29-21(16)28-17-10-26-11-18(30)20(17)19/h1-9,19,26H,10-11H2,(H2,27,28,29). The van der Waals surface area contributed by atoms with Crippen molar-refractivity contribution in [2.45, 2.75) is 12.1 Å². The lowest BCUT2D eigenvalue weighted by Crippen LogP contribution is -2.39. The molecule has 1 atom stereocenters. The van der Waals surface area contributed by atoms with Gasteiger partial charge in [-0.15, -0.1) is 0 Å². The molecular formula is C22H17F3N4O2. The van der Waals surface area contributed by atoms with Crippen LogP contribution in [-0.4, -0.2) is 29.1 Å². The Labute approximate surface area is 175 Å². The summed E-state index contributed by atoms with van der Waals surface area (Å²) in [6.07, 6.45) is -2.78. The van der Waals surface area contributed by atoms with Crippen LogP contribution in [0.3, 0.4) is 0 Å². The number of benzene rings is 2. The first-order valence-corrected chi connectivity index (χ1v) is 9.62. The molecule has 3 aromatic rings. The number of anilines is 1. The third-order valence-electron chi connectivity index (χ3n) is 5.35. The topological polar surface area (TPSA) is 79.0 Å². The lowest BCUT2D eigenvalue weighted by Gasteiger charge is -2.32. The van der Waals surface area contributed by atoms with Crippen LogP contribution in [0.25, 0.3) is 0 Å². The number of ketones is 1. The number of nitrogens with one attached hydrogen (secondary N) is 3. The summed E-state index contributed by atoms with van der Waals surface area (Å²) in [5.41, 5.74) is 2.27. The number of carbonyl (C=O) groups excluding carboxylic acids is 1. The Balaban J connectivity index is 1.52. The Morgan fingerprint density at radius 3 is 2.61 bits per heavy atom. The zero-order valence-corrected chi connectivity index (χ0v) is 16.1. The lowest BCUT2D eigenvalue weighted by molar-refractivity contribution is -0.137. The fraction of sp³-hybridized carbons (Fsp3) is 0.182. The van der Waals surface area contributed by atoms with Crippen molar-refractivity contribution in [3.8, 4) is 11.5 Å². The summed E-state index contributed by atoms with van der Waals surface area (Å²) in [5.74, 6) is 0.798. The molecule has 1 unspecified atom stereocenters. The number of alkyl halides is 3. The fourth-order valence-corrected chi connectivity index (χ4v) is 4.00. The van der Waals surface area contributed by atoms with Crippen LogP contribution in [0.5, 0.6) is 11.5 Å². The van der Waals surface area contributed by atoms with E-state index in [1.807, 2.05) is 6.07 Å². The largest absolute Gasteiger partial charge is 0.457 e. The number of aromatic nitrogens is 2. The monoisotopic (exact) mass is 426 g/mol. The van der Waals surface area contributed by atoms with E-state index in [-0.39, 0.29) is 24.0 Å². The predicted molar refractivity (Wildman–Crippen MR) is 107 cm³/mol. The van der Waals surface area contributed by atoms with Crippen molar-refractivity contribution in [3.05, 3.63) is 82.7 Å². The fourth-order valence-electron chi connectivity index (χ4n) is 4.00. The van der Waals surface area contributed by atoms with Crippen molar-refractivity contribution in [3.63, 3.8) is 0 Å². The van der Waals surface area contributed by atoms with Crippen molar-refractivity contribution in [1.29, 1.82) is 0 Å². The van der Waals surface area contributed by atoms with Gasteiger partial charge in [-0.05, 0) is 35.9 Å². The summed E-state index contributed by atoms with van der Waals surface area (Å²) in [6.45, 7) is 0.765. The second-order valence-electron chi connectivity index (χ2n) is 7.38. The van der Waals surface area contributed by atoms with Gasteiger partial charge in [0.05, 0.1) is 18.3 Å². The number of hydrogen-bond acceptors (Lipinski definition) is 5. The molecule has 1 aromatic heterocycles. The molecule has 158 valence electrons. The maximum atomic E-state index is 13.0. The van der Waals surface area contributed by atoms with E-state index in [1.54, 1.807) is 24.4 Å². The van der Waals surface area contributed by atoms with Crippen LogP contribution in [0.2, 0.25) is 0 Å². The summed E-state index contributed by atoms with van der Waals surface area (Å²) in [4.78, 5) is 12.7. The van der Waals surface area contributed by atoms with E-state index < -0.39 is 11.7 Å². The summed E-state index contributed by atoms with van der Waals surface area (Å²) in [7, 11) is 0. The normalized spacial score (nSPS) is 18.3. The van der Waals surface area contributed by atoms with Gasteiger partial charge in [-0.3, -0.25) is 9.89 Å². The molecule has 2 aliphatic rings. The Hall–Kier alpha value is -3.59. The van der Waals surface area contributed by atoms with E-state index in [0.717, 1.165) is 29.0 Å². The van der Waals surface area contributed by atoms with Gasteiger partial charge in [-0.25, -0.2) is 0 Å². The third-order valence-corrected chi connectivity index (χ3v) is 5.35. The molecule has 0 amide bonds. The van der Waals surface area contributed by atoms with E-state index in [0.29, 0.717) is 23.7 Å². The van der Waals surface area contributed by atoms with E-state index >= 15 is 0 Å². The molecule has 6 nitrogen and oxygen atoms in total. The Morgan fingerprint density at radius 1 is 1.03 bits per heavy atom. The highest BCUT2D eigenvalue weighted by Gasteiger charge is 2.36. The van der Waals surface area contributed by atoms with Crippen LogP contribution in [0.4, 0.5) is 19.0 Å². The van der Waals surface area contributed by atoms with E-state index in [1.165, 1.54) is 12.1 Å². The molecule has 0 aliphatic carbocycles. The number of fused-ring (bicyclic) bond motifs is 1. The number of rotatable bonds is 3. The van der Waals surface area contributed by atoms with Crippen LogP contribution in [0.1, 0.15) is 22.6 Å². The van der Waals surface area contributed by atoms with E-state index in [9.17, 15) is 18.0 Å². The molecule has 3 heterocycles. The van der Waals surface area contributed by atoms with Gasteiger partial charge in [0.25, 0.3) is 0 Å². The van der Waals surface area contributed by atoms with Gasteiger partial charge in [0.1, 0.15) is 17.3 Å². The number of Topliss-reactive ketones (excluding diaryl/α,β-unsaturated/α-hetero) is 1. The summed E-state index contributed by atoms with van der Waals surface area (Å²) in [5, 5.41) is 13.3. The summed E-state index contributed by atoms with van der Waals surface area (Å²) >= 11 is 0. The number of nitrogens with zero attached hydrogens (tertiary/aromatic N) is 1. The molecule has 9 heteroatoms. The molecular weight excluding hydrogens is 409 g/mol. The number of carbonyl (C=O) groups is 1. The highest BCUT2D eigenvalue weighted by molar-refractivity contribution is 6.02. The highest BCUT2D eigenvalue weighted by atomic mass is 19.4. The predicted octanol–water partition coefficient (Wildman–Crippen LogP) is 4.20. The molecule has 0 bridgehead atoms. The molecule has 0 spiro atoms. The third kappa shape index (κ3) is 3.57. The first kappa shape index (κ1) is 19.4. The average Bonchev–Trinajstić information content (AvgIpc) is 3.20. The lowest BCUT2D eigenvalue weighted by atomic mass is 9.79. The Morgan fingerprint density at radius 2 is 1.81 bits per heavy atom. The van der Waals surface area contributed by atoms with Crippen LogP contribution in [-0.2, 0) is 11.0 Å². The molecule has 0 fully saturated rings. The van der Waals surface area contributed by atoms with Crippen LogP contribution in [0.15, 0.2) is 66.0 Å².